The van der Waals surface area contributed by atoms with Crippen molar-refractivity contribution in [3.05, 3.63) is 54.9 Å². The first-order chi connectivity index (χ1) is 10.4. The number of rotatable bonds is 5. The Morgan fingerprint density at radius 2 is 1.76 bits per heavy atom. The molecule has 1 heterocycles. The van der Waals surface area contributed by atoms with Gasteiger partial charge in [-0.2, -0.15) is 0 Å². The van der Waals surface area contributed by atoms with Gasteiger partial charge in [0, 0.05) is 17.6 Å². The maximum absolute atomic E-state index is 4.53. The van der Waals surface area contributed by atoms with Crippen LogP contribution in [0.25, 0.3) is 10.8 Å². The van der Waals surface area contributed by atoms with Crippen LogP contribution >= 0.6 is 0 Å². The van der Waals surface area contributed by atoms with Gasteiger partial charge >= 0.3 is 0 Å². The summed E-state index contributed by atoms with van der Waals surface area (Å²) < 4.78 is 0. The Hall–Kier alpha value is -2.62. The van der Waals surface area contributed by atoms with E-state index in [0.717, 1.165) is 30.3 Å². The monoisotopic (exact) mass is 278 g/mol. The quantitative estimate of drug-likeness (QED) is 0.734. The van der Waals surface area contributed by atoms with Gasteiger partial charge in [0.2, 0.25) is 0 Å². The number of fused-ring (bicyclic) bond motifs is 1. The number of hydrogen-bond acceptors (Lipinski definition) is 4. The molecule has 0 bridgehead atoms. The maximum atomic E-state index is 4.53. The zero-order chi connectivity index (χ0) is 14.5. The zero-order valence-electron chi connectivity index (χ0n) is 12.0. The van der Waals surface area contributed by atoms with E-state index in [1.165, 1.54) is 10.8 Å². The van der Waals surface area contributed by atoms with Crippen molar-refractivity contribution in [2.75, 3.05) is 17.2 Å². The zero-order valence-corrected chi connectivity index (χ0v) is 12.0. The van der Waals surface area contributed by atoms with Crippen molar-refractivity contribution in [3.63, 3.8) is 0 Å². The van der Waals surface area contributed by atoms with Crippen LogP contribution in [0.1, 0.15) is 13.3 Å². The van der Waals surface area contributed by atoms with Gasteiger partial charge in [-0.3, -0.25) is 4.98 Å². The topological polar surface area (TPSA) is 49.8 Å². The third-order valence-electron chi connectivity index (χ3n) is 3.24. The van der Waals surface area contributed by atoms with Crippen LogP contribution in [0.5, 0.6) is 0 Å². The molecule has 0 aliphatic heterocycles. The van der Waals surface area contributed by atoms with Crippen molar-refractivity contribution < 1.29 is 0 Å². The summed E-state index contributed by atoms with van der Waals surface area (Å²) in [4.78, 5) is 8.75. The van der Waals surface area contributed by atoms with Crippen LogP contribution in [0.4, 0.5) is 17.3 Å². The molecular weight excluding hydrogens is 260 g/mol. The Labute approximate surface area is 124 Å². The van der Waals surface area contributed by atoms with E-state index in [1.807, 2.05) is 18.2 Å². The number of aromatic nitrogens is 2. The maximum Gasteiger partial charge on any atom is 0.151 e. The molecule has 2 aromatic carbocycles. The van der Waals surface area contributed by atoms with Crippen LogP contribution < -0.4 is 10.6 Å². The number of anilines is 3. The van der Waals surface area contributed by atoms with Crippen LogP contribution in [0.15, 0.2) is 54.9 Å². The second-order valence-corrected chi connectivity index (χ2v) is 4.87. The molecule has 0 aliphatic carbocycles. The molecule has 0 unspecified atom stereocenters. The third kappa shape index (κ3) is 3.11. The van der Waals surface area contributed by atoms with Crippen molar-refractivity contribution >= 4 is 28.1 Å². The second-order valence-electron chi connectivity index (χ2n) is 4.87. The highest BCUT2D eigenvalue weighted by molar-refractivity contribution is 5.95. The first-order valence-corrected chi connectivity index (χ1v) is 7.17. The molecule has 0 radical (unpaired) electrons. The lowest BCUT2D eigenvalue weighted by atomic mass is 10.1. The molecular formula is C17H18N4. The van der Waals surface area contributed by atoms with E-state index in [-0.39, 0.29) is 0 Å². The molecule has 0 atom stereocenters. The van der Waals surface area contributed by atoms with E-state index in [4.69, 9.17) is 0 Å². The predicted octanol–water partition coefficient (Wildman–Crippen LogP) is 4.20. The largest absolute Gasteiger partial charge is 0.369 e. The minimum absolute atomic E-state index is 0.743. The molecule has 0 spiro atoms. The van der Waals surface area contributed by atoms with E-state index < -0.39 is 0 Å². The van der Waals surface area contributed by atoms with Crippen molar-refractivity contribution in [2.24, 2.45) is 0 Å². The first kappa shape index (κ1) is 13.4. The summed E-state index contributed by atoms with van der Waals surface area (Å²) in [5.74, 6) is 1.54. The Kier molecular flexibility index (Phi) is 3.96. The summed E-state index contributed by atoms with van der Waals surface area (Å²) in [7, 11) is 0. The van der Waals surface area contributed by atoms with Gasteiger partial charge in [-0.25, -0.2) is 4.98 Å². The summed E-state index contributed by atoms with van der Waals surface area (Å²) >= 11 is 0. The van der Waals surface area contributed by atoms with Gasteiger partial charge in [0.05, 0.1) is 12.4 Å². The summed E-state index contributed by atoms with van der Waals surface area (Å²) in [6, 6.07) is 14.5. The molecule has 0 saturated carbocycles. The first-order valence-electron chi connectivity index (χ1n) is 7.17. The van der Waals surface area contributed by atoms with Gasteiger partial charge in [0.1, 0.15) is 5.82 Å². The molecule has 0 saturated heterocycles. The lowest BCUT2D eigenvalue weighted by molar-refractivity contribution is 0.965. The molecule has 4 nitrogen and oxygen atoms in total. The van der Waals surface area contributed by atoms with Gasteiger partial charge in [0.15, 0.2) is 5.82 Å². The van der Waals surface area contributed by atoms with E-state index >= 15 is 0 Å². The molecule has 3 rings (SSSR count). The highest BCUT2D eigenvalue weighted by atomic mass is 15.1. The smallest absolute Gasteiger partial charge is 0.151 e. The average Bonchev–Trinajstić information content (AvgIpc) is 2.54. The Morgan fingerprint density at radius 1 is 0.952 bits per heavy atom. The molecule has 4 heteroatoms. The molecule has 3 aromatic rings. The molecule has 21 heavy (non-hydrogen) atoms. The van der Waals surface area contributed by atoms with E-state index in [0.29, 0.717) is 0 Å². The van der Waals surface area contributed by atoms with Gasteiger partial charge < -0.3 is 10.6 Å². The number of hydrogen-bond donors (Lipinski definition) is 2. The molecule has 106 valence electrons. The minimum Gasteiger partial charge on any atom is -0.369 e. The minimum atomic E-state index is 0.743. The summed E-state index contributed by atoms with van der Waals surface area (Å²) in [6.07, 6.45) is 4.53. The Morgan fingerprint density at radius 3 is 2.67 bits per heavy atom. The summed E-state index contributed by atoms with van der Waals surface area (Å²) in [5.41, 5.74) is 1.04. The molecule has 0 amide bonds. The fourth-order valence-corrected chi connectivity index (χ4v) is 2.24. The average molecular weight is 278 g/mol. The van der Waals surface area contributed by atoms with Gasteiger partial charge in [-0.15, -0.1) is 0 Å². The molecule has 1 aromatic heterocycles. The van der Waals surface area contributed by atoms with Crippen LogP contribution in [0.2, 0.25) is 0 Å². The Bertz CT molecular complexity index is 734. The van der Waals surface area contributed by atoms with Crippen LogP contribution in [0, 0.1) is 0 Å². The van der Waals surface area contributed by atoms with E-state index in [2.05, 4.69) is 51.8 Å². The number of nitrogens with zero attached hydrogens (tertiary/aromatic N) is 2. The molecule has 0 aliphatic rings. The predicted molar refractivity (Wildman–Crippen MR) is 88.0 cm³/mol. The van der Waals surface area contributed by atoms with E-state index in [1.54, 1.807) is 12.4 Å². The van der Waals surface area contributed by atoms with Crippen molar-refractivity contribution in [1.82, 2.24) is 9.97 Å². The number of benzene rings is 2. The van der Waals surface area contributed by atoms with Gasteiger partial charge in [-0.1, -0.05) is 43.3 Å². The summed E-state index contributed by atoms with van der Waals surface area (Å²) in [5, 5.41) is 8.97. The molecule has 2 N–H and O–H groups in total. The second kappa shape index (κ2) is 6.22. The fraction of sp³-hybridized carbons (Fsp3) is 0.176. The highest BCUT2D eigenvalue weighted by Crippen LogP contribution is 2.25. The lowest BCUT2D eigenvalue weighted by Crippen LogP contribution is -2.04. The Balaban J connectivity index is 1.88. The standard InChI is InChI=1S/C17H18N4/c1-2-10-19-16-11-18-12-17(21-16)20-15-9-5-7-13-6-3-4-8-14(13)15/h3-9,11-12H,2,10H2,1H3,(H2,19,20,21). The molecule has 0 fully saturated rings. The van der Waals surface area contributed by atoms with Crippen LogP contribution in [-0.2, 0) is 0 Å². The van der Waals surface area contributed by atoms with Crippen molar-refractivity contribution in [2.45, 2.75) is 13.3 Å². The van der Waals surface area contributed by atoms with E-state index in [9.17, 15) is 0 Å². The van der Waals surface area contributed by atoms with Gasteiger partial charge in [0.25, 0.3) is 0 Å². The SMILES string of the molecule is CCCNc1cncc(Nc2cccc3ccccc23)n1. The van der Waals surface area contributed by atoms with Crippen molar-refractivity contribution in [1.29, 1.82) is 0 Å². The number of nitrogens with one attached hydrogen (secondary N) is 2. The van der Waals surface area contributed by atoms with Gasteiger partial charge in [-0.05, 0) is 17.9 Å². The van der Waals surface area contributed by atoms with Crippen LogP contribution in [0.3, 0.4) is 0 Å². The summed E-state index contributed by atoms with van der Waals surface area (Å²) in [6.45, 7) is 3.02. The van der Waals surface area contributed by atoms with Crippen LogP contribution in [-0.4, -0.2) is 16.5 Å². The highest BCUT2D eigenvalue weighted by Gasteiger charge is 2.03. The van der Waals surface area contributed by atoms with Crippen molar-refractivity contribution in [3.8, 4) is 0 Å². The lowest BCUT2D eigenvalue weighted by Gasteiger charge is -2.10. The fourth-order valence-electron chi connectivity index (χ4n) is 2.24. The normalized spacial score (nSPS) is 10.5. The third-order valence-corrected chi connectivity index (χ3v) is 3.24.